The molecule has 1 N–H and O–H groups in total. The number of hydrogen-bond donors (Lipinski definition) is 1. The van der Waals surface area contributed by atoms with E-state index in [0.29, 0.717) is 5.92 Å². The van der Waals surface area contributed by atoms with Gasteiger partial charge in [-0.15, -0.1) is 0 Å². The minimum absolute atomic E-state index is 0.652. The van der Waals surface area contributed by atoms with Gasteiger partial charge in [0.1, 0.15) is 11.6 Å². The van der Waals surface area contributed by atoms with E-state index in [0.717, 1.165) is 55.0 Å². The Morgan fingerprint density at radius 3 is 2.86 bits per heavy atom. The van der Waals surface area contributed by atoms with Gasteiger partial charge in [-0.25, -0.2) is 9.97 Å². The normalized spacial score (nSPS) is 18.8. The number of nitrogens with one attached hydrogen (secondary N) is 1. The zero-order valence-corrected chi connectivity index (χ0v) is 13.6. The molecule has 2 aromatic rings. The molecule has 118 valence electrons. The molecule has 0 radical (unpaired) electrons. The Balaban J connectivity index is 1.48. The van der Waals surface area contributed by atoms with Crippen LogP contribution in [0.3, 0.4) is 0 Å². The van der Waals surface area contributed by atoms with Crippen LogP contribution in [0.25, 0.3) is 0 Å². The molecule has 1 aliphatic rings. The van der Waals surface area contributed by atoms with E-state index in [1.165, 1.54) is 6.42 Å². The summed E-state index contributed by atoms with van der Waals surface area (Å²) in [7, 11) is 0. The SMILES string of the molecule is Cc1cccc(NCC2CCN(Cc3nc(C)c(C)o3)C2)n1. The lowest BCUT2D eigenvalue weighted by molar-refractivity contribution is 0.279. The Morgan fingerprint density at radius 2 is 2.14 bits per heavy atom. The van der Waals surface area contributed by atoms with Crippen molar-refractivity contribution in [3.05, 3.63) is 41.2 Å². The molecule has 0 spiro atoms. The second-order valence-corrected chi connectivity index (χ2v) is 6.18. The quantitative estimate of drug-likeness (QED) is 0.920. The van der Waals surface area contributed by atoms with Crippen molar-refractivity contribution in [1.82, 2.24) is 14.9 Å². The number of oxazole rings is 1. The van der Waals surface area contributed by atoms with Crippen molar-refractivity contribution in [2.24, 2.45) is 5.92 Å². The summed E-state index contributed by atoms with van der Waals surface area (Å²) in [5.74, 6) is 3.39. The van der Waals surface area contributed by atoms with Crippen LogP contribution in [0.1, 0.15) is 29.5 Å². The minimum Gasteiger partial charge on any atom is -0.444 e. The van der Waals surface area contributed by atoms with Crippen LogP contribution in [0.2, 0.25) is 0 Å². The fraction of sp³-hybridized carbons (Fsp3) is 0.529. The Kier molecular flexibility index (Phi) is 4.43. The Hall–Kier alpha value is -1.88. The van der Waals surface area contributed by atoms with Crippen molar-refractivity contribution in [3.63, 3.8) is 0 Å². The summed E-state index contributed by atoms with van der Waals surface area (Å²) in [6, 6.07) is 6.08. The predicted octanol–water partition coefficient (Wildman–Crippen LogP) is 2.93. The number of nitrogens with zero attached hydrogens (tertiary/aromatic N) is 3. The van der Waals surface area contributed by atoms with Gasteiger partial charge in [0, 0.05) is 18.8 Å². The van der Waals surface area contributed by atoms with E-state index in [1.54, 1.807) is 0 Å². The molecular weight excluding hydrogens is 276 g/mol. The standard InChI is InChI=1S/C17H24N4O/c1-12-5-4-6-16(19-12)18-9-15-7-8-21(10-15)11-17-20-13(2)14(3)22-17/h4-6,15H,7-11H2,1-3H3,(H,18,19). The molecule has 0 saturated carbocycles. The topological polar surface area (TPSA) is 54.2 Å². The Bertz CT molecular complexity index is 618. The molecule has 1 aliphatic heterocycles. The molecule has 3 rings (SSSR count). The van der Waals surface area contributed by atoms with Crippen LogP contribution in [0, 0.1) is 26.7 Å². The highest BCUT2D eigenvalue weighted by Crippen LogP contribution is 2.20. The fourth-order valence-electron chi connectivity index (χ4n) is 2.91. The van der Waals surface area contributed by atoms with Gasteiger partial charge in [0.05, 0.1) is 12.2 Å². The lowest BCUT2D eigenvalue weighted by Crippen LogP contribution is -2.23. The molecule has 1 fully saturated rings. The fourth-order valence-corrected chi connectivity index (χ4v) is 2.91. The van der Waals surface area contributed by atoms with Crippen LogP contribution in [-0.2, 0) is 6.54 Å². The third kappa shape index (κ3) is 3.65. The molecular formula is C17H24N4O. The molecule has 5 heteroatoms. The predicted molar refractivity (Wildman–Crippen MR) is 86.8 cm³/mol. The van der Waals surface area contributed by atoms with E-state index in [1.807, 2.05) is 39.0 Å². The molecule has 0 aliphatic carbocycles. The number of likely N-dealkylation sites (tertiary alicyclic amines) is 1. The molecule has 5 nitrogen and oxygen atoms in total. The number of hydrogen-bond acceptors (Lipinski definition) is 5. The van der Waals surface area contributed by atoms with E-state index in [-0.39, 0.29) is 0 Å². The first-order valence-electron chi connectivity index (χ1n) is 7.93. The van der Waals surface area contributed by atoms with Gasteiger partial charge in [-0.3, -0.25) is 4.90 Å². The summed E-state index contributed by atoms with van der Waals surface area (Å²) in [5.41, 5.74) is 2.05. The average molecular weight is 300 g/mol. The van der Waals surface area contributed by atoms with Crippen LogP contribution in [0.4, 0.5) is 5.82 Å². The number of aryl methyl sites for hydroxylation is 3. The van der Waals surface area contributed by atoms with Gasteiger partial charge in [-0.2, -0.15) is 0 Å². The van der Waals surface area contributed by atoms with Crippen LogP contribution in [0.15, 0.2) is 22.6 Å². The van der Waals surface area contributed by atoms with Crippen LogP contribution in [-0.4, -0.2) is 34.5 Å². The lowest BCUT2D eigenvalue weighted by atomic mass is 10.1. The summed E-state index contributed by atoms with van der Waals surface area (Å²) < 4.78 is 5.68. The van der Waals surface area contributed by atoms with E-state index in [2.05, 4.69) is 20.2 Å². The van der Waals surface area contributed by atoms with Crippen molar-refractivity contribution in [2.45, 2.75) is 33.7 Å². The maximum Gasteiger partial charge on any atom is 0.208 e. The molecule has 1 saturated heterocycles. The van der Waals surface area contributed by atoms with Gasteiger partial charge in [-0.1, -0.05) is 6.07 Å². The maximum atomic E-state index is 5.68. The number of rotatable bonds is 5. The molecule has 0 aromatic carbocycles. The first-order valence-corrected chi connectivity index (χ1v) is 7.93. The number of anilines is 1. The second kappa shape index (κ2) is 6.48. The van der Waals surface area contributed by atoms with Crippen LogP contribution in [0.5, 0.6) is 0 Å². The third-order valence-electron chi connectivity index (χ3n) is 4.26. The summed E-state index contributed by atoms with van der Waals surface area (Å²) in [5, 5.41) is 3.45. The van der Waals surface area contributed by atoms with E-state index >= 15 is 0 Å². The largest absolute Gasteiger partial charge is 0.444 e. The van der Waals surface area contributed by atoms with Crippen molar-refractivity contribution in [3.8, 4) is 0 Å². The van der Waals surface area contributed by atoms with Gasteiger partial charge in [0.2, 0.25) is 5.89 Å². The van der Waals surface area contributed by atoms with E-state index in [4.69, 9.17) is 4.42 Å². The van der Waals surface area contributed by atoms with E-state index in [9.17, 15) is 0 Å². The molecule has 1 unspecified atom stereocenters. The zero-order chi connectivity index (χ0) is 15.5. The van der Waals surface area contributed by atoms with Gasteiger partial charge in [-0.05, 0) is 51.8 Å². The molecule has 0 bridgehead atoms. The van der Waals surface area contributed by atoms with Crippen molar-refractivity contribution in [2.75, 3.05) is 25.0 Å². The van der Waals surface area contributed by atoms with Crippen LogP contribution >= 0.6 is 0 Å². The molecule has 0 amide bonds. The summed E-state index contributed by atoms with van der Waals surface area (Å²) in [6.45, 7) is 9.95. The lowest BCUT2D eigenvalue weighted by Gasteiger charge is -2.14. The monoisotopic (exact) mass is 300 g/mol. The highest BCUT2D eigenvalue weighted by atomic mass is 16.4. The number of pyridine rings is 1. The zero-order valence-electron chi connectivity index (χ0n) is 13.6. The van der Waals surface area contributed by atoms with Crippen molar-refractivity contribution in [1.29, 1.82) is 0 Å². The smallest absolute Gasteiger partial charge is 0.208 e. The first kappa shape index (κ1) is 15.0. The first-order chi connectivity index (χ1) is 10.6. The van der Waals surface area contributed by atoms with Gasteiger partial charge in [0.15, 0.2) is 0 Å². The Labute approximate surface area is 131 Å². The Morgan fingerprint density at radius 1 is 1.27 bits per heavy atom. The number of aromatic nitrogens is 2. The summed E-state index contributed by atoms with van der Waals surface area (Å²) in [4.78, 5) is 11.4. The van der Waals surface area contributed by atoms with Crippen molar-refractivity contribution < 1.29 is 4.42 Å². The minimum atomic E-state index is 0.652. The average Bonchev–Trinajstić information content (AvgIpc) is 3.04. The molecule has 2 aromatic heterocycles. The summed E-state index contributed by atoms with van der Waals surface area (Å²) >= 11 is 0. The molecule has 1 atom stereocenters. The van der Waals surface area contributed by atoms with Gasteiger partial charge >= 0.3 is 0 Å². The maximum absolute atomic E-state index is 5.68. The summed E-state index contributed by atoms with van der Waals surface area (Å²) in [6.07, 6.45) is 1.21. The van der Waals surface area contributed by atoms with Gasteiger partial charge < -0.3 is 9.73 Å². The second-order valence-electron chi connectivity index (χ2n) is 6.18. The molecule has 22 heavy (non-hydrogen) atoms. The van der Waals surface area contributed by atoms with Crippen molar-refractivity contribution >= 4 is 5.82 Å². The van der Waals surface area contributed by atoms with Gasteiger partial charge in [0.25, 0.3) is 0 Å². The highest BCUT2D eigenvalue weighted by Gasteiger charge is 2.23. The van der Waals surface area contributed by atoms with E-state index < -0.39 is 0 Å². The third-order valence-corrected chi connectivity index (χ3v) is 4.26. The van der Waals surface area contributed by atoms with Crippen LogP contribution < -0.4 is 5.32 Å². The molecule has 3 heterocycles. The highest BCUT2D eigenvalue weighted by molar-refractivity contribution is 5.35.